The van der Waals surface area contributed by atoms with Gasteiger partial charge in [-0.05, 0) is 35.7 Å². The number of hydrogen-bond acceptors (Lipinski definition) is 10. The maximum Gasteiger partial charge on any atom is 0.339 e. The third kappa shape index (κ3) is 5.05. The Kier molecular flexibility index (Phi) is 6.45. The van der Waals surface area contributed by atoms with Gasteiger partial charge in [0.15, 0.2) is 18.1 Å². The molecule has 0 saturated heterocycles. The summed E-state index contributed by atoms with van der Waals surface area (Å²) in [5, 5.41) is 10.5. The zero-order valence-corrected chi connectivity index (χ0v) is 19.2. The van der Waals surface area contributed by atoms with Crippen molar-refractivity contribution in [3.8, 4) is 22.9 Å². The predicted octanol–water partition coefficient (Wildman–Crippen LogP) is 4.61. The second-order valence-corrected chi connectivity index (χ2v) is 8.80. The number of anilines is 1. The minimum Gasteiger partial charge on any atom is -0.454 e. The molecule has 0 atom stereocenters. The molecule has 1 N–H and O–H groups in total. The second kappa shape index (κ2) is 9.98. The quantitative estimate of drug-likeness (QED) is 0.276. The topological polar surface area (TPSA) is 113 Å². The molecule has 11 heteroatoms. The van der Waals surface area contributed by atoms with Gasteiger partial charge in [-0.25, -0.2) is 4.79 Å². The fourth-order valence-electron chi connectivity index (χ4n) is 3.10. The van der Waals surface area contributed by atoms with E-state index in [1.807, 2.05) is 16.8 Å². The number of hydrogen-bond donors (Lipinski definition) is 1. The summed E-state index contributed by atoms with van der Waals surface area (Å²) >= 11 is 2.76. The molecule has 1 aliphatic heterocycles. The summed E-state index contributed by atoms with van der Waals surface area (Å²) in [5.41, 5.74) is 1.79. The lowest BCUT2D eigenvalue weighted by molar-refractivity contribution is -0.113. The van der Waals surface area contributed by atoms with Gasteiger partial charge in [-0.2, -0.15) is 16.3 Å². The first-order valence-electron chi connectivity index (χ1n) is 10.1. The van der Waals surface area contributed by atoms with E-state index in [1.165, 1.54) is 23.1 Å². The normalized spacial score (nSPS) is 11.9. The van der Waals surface area contributed by atoms with Crippen LogP contribution in [-0.4, -0.2) is 34.6 Å². The van der Waals surface area contributed by atoms with Crippen LogP contribution in [0.3, 0.4) is 0 Å². The number of thiophene rings is 1. The Morgan fingerprint density at radius 3 is 2.88 bits per heavy atom. The minimum absolute atomic E-state index is 0.104. The van der Waals surface area contributed by atoms with Crippen molar-refractivity contribution in [2.75, 3.05) is 17.9 Å². The van der Waals surface area contributed by atoms with Gasteiger partial charge in [-0.3, -0.25) is 4.79 Å². The number of nitrogens with zero attached hydrogens (tertiary/aromatic N) is 2. The molecule has 0 saturated carbocycles. The van der Waals surface area contributed by atoms with E-state index in [2.05, 4.69) is 15.5 Å². The highest BCUT2D eigenvalue weighted by atomic mass is 32.2. The van der Waals surface area contributed by atoms with Gasteiger partial charge in [-0.15, -0.1) is 11.8 Å². The van der Waals surface area contributed by atoms with Gasteiger partial charge in [0.05, 0.1) is 11.3 Å². The third-order valence-electron chi connectivity index (χ3n) is 4.70. The van der Waals surface area contributed by atoms with E-state index in [4.69, 9.17) is 18.7 Å². The molecular weight excluding hydrogens is 478 g/mol. The summed E-state index contributed by atoms with van der Waals surface area (Å²) < 4.78 is 21.1. The molecule has 0 radical (unpaired) electrons. The molecule has 1 amide bonds. The van der Waals surface area contributed by atoms with Crippen LogP contribution >= 0.6 is 23.1 Å². The Balaban J connectivity index is 1.17. The van der Waals surface area contributed by atoms with Crippen LogP contribution in [0.25, 0.3) is 11.4 Å². The lowest BCUT2D eigenvalue weighted by Crippen LogP contribution is -2.14. The van der Waals surface area contributed by atoms with E-state index in [0.717, 1.165) is 5.56 Å². The van der Waals surface area contributed by atoms with Crippen molar-refractivity contribution < 1.29 is 28.3 Å². The lowest BCUT2D eigenvalue weighted by Gasteiger charge is -2.09. The number of benzene rings is 2. The molecule has 0 aliphatic carbocycles. The number of aromatic nitrogens is 2. The summed E-state index contributed by atoms with van der Waals surface area (Å²) in [6, 6.07) is 14.0. The van der Waals surface area contributed by atoms with E-state index >= 15 is 0 Å². The summed E-state index contributed by atoms with van der Waals surface area (Å²) in [5.74, 6) is 1.20. The zero-order valence-electron chi connectivity index (χ0n) is 17.6. The molecule has 3 heterocycles. The van der Waals surface area contributed by atoms with Gasteiger partial charge < -0.3 is 24.1 Å². The maximum absolute atomic E-state index is 12.7. The first-order chi connectivity index (χ1) is 16.7. The predicted molar refractivity (Wildman–Crippen MR) is 125 cm³/mol. The lowest BCUT2D eigenvalue weighted by atomic mass is 10.2. The standard InChI is InChI=1S/C23H17N3O6S2/c27-20(24-15-5-6-17-18(9-15)31-13-30-17)12-34-19-4-2-1-3-16(19)23(28)29-10-21-25-22(26-32-21)14-7-8-33-11-14/h1-9,11H,10,12-13H2,(H,24,27). The number of fused-ring (bicyclic) bond motifs is 1. The highest BCUT2D eigenvalue weighted by molar-refractivity contribution is 8.00. The van der Waals surface area contributed by atoms with Gasteiger partial charge in [0.2, 0.25) is 18.5 Å². The van der Waals surface area contributed by atoms with Gasteiger partial charge in [0.1, 0.15) is 0 Å². The van der Waals surface area contributed by atoms with Crippen molar-refractivity contribution in [3.05, 3.63) is 70.7 Å². The van der Waals surface area contributed by atoms with Crippen LogP contribution in [0.5, 0.6) is 11.5 Å². The molecule has 0 bridgehead atoms. The molecule has 4 aromatic rings. The summed E-state index contributed by atoms with van der Waals surface area (Å²) in [6.07, 6.45) is 0. The Bertz CT molecular complexity index is 1320. The Hall–Kier alpha value is -3.83. The molecule has 0 spiro atoms. The van der Waals surface area contributed by atoms with E-state index in [1.54, 1.807) is 42.5 Å². The number of amides is 1. The summed E-state index contributed by atoms with van der Waals surface area (Å²) in [4.78, 5) is 30.0. The largest absolute Gasteiger partial charge is 0.454 e. The molecule has 5 rings (SSSR count). The molecule has 1 aliphatic rings. The average molecular weight is 496 g/mol. The first kappa shape index (κ1) is 22.0. The molecule has 172 valence electrons. The smallest absolute Gasteiger partial charge is 0.339 e. The molecule has 34 heavy (non-hydrogen) atoms. The Labute approximate surface area is 202 Å². The summed E-state index contributed by atoms with van der Waals surface area (Å²) in [6.45, 7) is 0.0112. The van der Waals surface area contributed by atoms with Gasteiger partial charge in [-0.1, -0.05) is 17.3 Å². The van der Waals surface area contributed by atoms with Crippen LogP contribution in [0.1, 0.15) is 16.2 Å². The van der Waals surface area contributed by atoms with Crippen molar-refractivity contribution in [1.82, 2.24) is 10.1 Å². The summed E-state index contributed by atoms with van der Waals surface area (Å²) in [7, 11) is 0. The number of ether oxygens (including phenoxy) is 3. The molecule has 2 aromatic heterocycles. The molecule has 0 fully saturated rings. The van der Waals surface area contributed by atoms with Gasteiger partial charge in [0.25, 0.3) is 5.89 Å². The van der Waals surface area contributed by atoms with Crippen molar-refractivity contribution in [2.24, 2.45) is 0 Å². The maximum atomic E-state index is 12.7. The van der Waals surface area contributed by atoms with Crippen molar-refractivity contribution in [3.63, 3.8) is 0 Å². The highest BCUT2D eigenvalue weighted by Crippen LogP contribution is 2.34. The molecule has 9 nitrogen and oxygen atoms in total. The van der Waals surface area contributed by atoms with Crippen LogP contribution in [0.15, 0.2) is 68.7 Å². The number of rotatable bonds is 8. The van der Waals surface area contributed by atoms with Crippen LogP contribution in [0, 0.1) is 0 Å². The molecule has 0 unspecified atom stereocenters. The van der Waals surface area contributed by atoms with E-state index < -0.39 is 5.97 Å². The fraction of sp³-hybridized carbons (Fsp3) is 0.130. The van der Waals surface area contributed by atoms with Crippen LogP contribution in [0.2, 0.25) is 0 Å². The molecule has 2 aromatic carbocycles. The monoisotopic (exact) mass is 495 g/mol. The Morgan fingerprint density at radius 1 is 1.12 bits per heavy atom. The van der Waals surface area contributed by atoms with Gasteiger partial charge in [0, 0.05) is 27.6 Å². The van der Waals surface area contributed by atoms with Crippen molar-refractivity contribution >= 4 is 40.7 Å². The van der Waals surface area contributed by atoms with E-state index in [0.29, 0.717) is 33.5 Å². The number of carbonyl (C=O) groups excluding carboxylic acids is 2. The first-order valence-corrected chi connectivity index (χ1v) is 12.0. The van der Waals surface area contributed by atoms with E-state index in [9.17, 15) is 9.59 Å². The zero-order chi connectivity index (χ0) is 23.3. The second-order valence-electron chi connectivity index (χ2n) is 7.00. The van der Waals surface area contributed by atoms with Crippen LogP contribution in [0.4, 0.5) is 5.69 Å². The van der Waals surface area contributed by atoms with Crippen molar-refractivity contribution in [2.45, 2.75) is 11.5 Å². The third-order valence-corrected chi connectivity index (χ3v) is 6.45. The number of thioether (sulfide) groups is 1. The van der Waals surface area contributed by atoms with Crippen LogP contribution < -0.4 is 14.8 Å². The molecular formula is C23H17N3O6S2. The number of nitrogens with one attached hydrogen (secondary N) is 1. The van der Waals surface area contributed by atoms with E-state index in [-0.39, 0.29) is 31.0 Å². The fourth-order valence-corrected chi connectivity index (χ4v) is 4.58. The number of carbonyl (C=O) groups is 2. The van der Waals surface area contributed by atoms with Crippen molar-refractivity contribution in [1.29, 1.82) is 0 Å². The average Bonchev–Trinajstić information content (AvgIpc) is 3.62. The van der Waals surface area contributed by atoms with Crippen LogP contribution in [-0.2, 0) is 16.1 Å². The minimum atomic E-state index is -0.547. The Morgan fingerprint density at radius 2 is 2.00 bits per heavy atom. The number of esters is 1. The SMILES string of the molecule is O=C(CSc1ccccc1C(=O)OCc1nc(-c2ccsc2)no1)Nc1ccc2c(c1)OCO2. The highest BCUT2D eigenvalue weighted by Gasteiger charge is 2.18. The van der Waals surface area contributed by atoms with Gasteiger partial charge >= 0.3 is 5.97 Å².